The van der Waals surface area contributed by atoms with Crippen LogP contribution in [0.1, 0.15) is 35.2 Å². The van der Waals surface area contributed by atoms with Crippen LogP contribution < -0.4 is 15.4 Å². The van der Waals surface area contributed by atoms with Gasteiger partial charge in [0.25, 0.3) is 11.9 Å². The van der Waals surface area contributed by atoms with Crippen LogP contribution in [0, 0.1) is 0 Å². The van der Waals surface area contributed by atoms with Gasteiger partial charge in [-0.05, 0) is 29.7 Å². The van der Waals surface area contributed by atoms with Crippen LogP contribution in [0.2, 0.25) is 0 Å². The van der Waals surface area contributed by atoms with Crippen LogP contribution in [0.4, 0.5) is 11.9 Å². The van der Waals surface area contributed by atoms with Crippen molar-refractivity contribution in [1.82, 2.24) is 14.8 Å². The molecule has 0 saturated heterocycles. The van der Waals surface area contributed by atoms with E-state index in [9.17, 15) is 4.79 Å². The Morgan fingerprint density at radius 3 is 2.41 bits per heavy atom. The number of ether oxygens (including phenoxy) is 1. The lowest BCUT2D eigenvalue weighted by molar-refractivity contribution is -0.111. The molecule has 0 saturated carbocycles. The molecule has 2 atom stereocenters. The molecule has 2 heterocycles. The van der Waals surface area contributed by atoms with Gasteiger partial charge in [-0.2, -0.15) is 4.98 Å². The summed E-state index contributed by atoms with van der Waals surface area (Å²) in [6.45, 7) is 0. The quantitative estimate of drug-likeness (QED) is 0.399. The predicted molar refractivity (Wildman–Crippen MR) is 133 cm³/mol. The van der Waals surface area contributed by atoms with Crippen LogP contribution >= 0.6 is 0 Å². The van der Waals surface area contributed by atoms with Gasteiger partial charge < -0.3 is 10.1 Å². The number of fused-ring (bicyclic) bond motifs is 1. The van der Waals surface area contributed by atoms with Crippen molar-refractivity contribution in [2.75, 3.05) is 17.7 Å². The van der Waals surface area contributed by atoms with Crippen molar-refractivity contribution in [3.05, 3.63) is 108 Å². The third kappa shape index (κ3) is 4.54. The largest absolute Gasteiger partial charge is 0.496 e. The molecule has 4 aromatic rings. The number of hydrogen-bond donors (Lipinski definition) is 2. The molecule has 170 valence electrons. The van der Waals surface area contributed by atoms with Crippen molar-refractivity contribution < 1.29 is 9.53 Å². The maximum atomic E-state index is 12.6. The Morgan fingerprint density at radius 1 is 1.00 bits per heavy atom. The van der Waals surface area contributed by atoms with E-state index in [0.29, 0.717) is 11.7 Å². The highest BCUT2D eigenvalue weighted by atomic mass is 16.5. The molecular formula is C27H25N5O2. The van der Waals surface area contributed by atoms with Crippen molar-refractivity contribution in [2.45, 2.75) is 18.5 Å². The van der Waals surface area contributed by atoms with E-state index in [1.807, 2.05) is 65.3 Å². The summed E-state index contributed by atoms with van der Waals surface area (Å²) in [6.07, 6.45) is 3.97. The molecule has 2 unspecified atom stereocenters. The topological polar surface area (TPSA) is 81.1 Å². The number of rotatable bonds is 6. The summed E-state index contributed by atoms with van der Waals surface area (Å²) in [4.78, 5) is 17.2. The van der Waals surface area contributed by atoms with Crippen molar-refractivity contribution in [2.24, 2.45) is 0 Å². The number of methoxy groups -OCH3 is 1. The Labute approximate surface area is 198 Å². The fraction of sp³-hybridized carbons (Fsp3) is 0.148. The van der Waals surface area contributed by atoms with Crippen LogP contribution in [0.25, 0.3) is 6.08 Å². The summed E-state index contributed by atoms with van der Waals surface area (Å²) < 4.78 is 7.19. The molecule has 2 N–H and O–H groups in total. The molecule has 1 aliphatic rings. The van der Waals surface area contributed by atoms with Gasteiger partial charge in [0.2, 0.25) is 5.95 Å². The fourth-order valence-electron chi connectivity index (χ4n) is 4.21. The van der Waals surface area contributed by atoms with Crippen LogP contribution in [-0.2, 0) is 4.79 Å². The first-order valence-corrected chi connectivity index (χ1v) is 11.2. The minimum atomic E-state index is -0.315. The molecule has 1 aromatic heterocycles. The van der Waals surface area contributed by atoms with Crippen molar-refractivity contribution in [1.29, 1.82) is 0 Å². The number of amides is 1. The second-order valence-electron chi connectivity index (χ2n) is 8.04. The second-order valence-corrected chi connectivity index (χ2v) is 8.04. The summed E-state index contributed by atoms with van der Waals surface area (Å²) in [7, 11) is 1.60. The SMILES string of the molecule is COc1ccccc1C=CC(=O)Nc1nc2n(n1)C(c1ccccc1)CC(c1ccccc1)N2. The average Bonchev–Trinajstić information content (AvgIpc) is 3.30. The Balaban J connectivity index is 1.40. The molecule has 7 heteroatoms. The summed E-state index contributed by atoms with van der Waals surface area (Å²) in [5.74, 6) is 1.26. The summed E-state index contributed by atoms with van der Waals surface area (Å²) in [5.41, 5.74) is 3.14. The molecule has 0 bridgehead atoms. The predicted octanol–water partition coefficient (Wildman–Crippen LogP) is 5.08. The molecule has 0 spiro atoms. The molecule has 1 amide bonds. The molecule has 0 radical (unpaired) electrons. The lowest BCUT2D eigenvalue weighted by Gasteiger charge is -2.31. The molecule has 0 aliphatic carbocycles. The van der Waals surface area contributed by atoms with Crippen molar-refractivity contribution in [3.63, 3.8) is 0 Å². The minimum Gasteiger partial charge on any atom is -0.496 e. The van der Waals surface area contributed by atoms with Crippen molar-refractivity contribution in [3.8, 4) is 5.75 Å². The van der Waals surface area contributed by atoms with Crippen LogP contribution in [-0.4, -0.2) is 27.8 Å². The van der Waals surface area contributed by atoms with E-state index in [-0.39, 0.29) is 23.9 Å². The second kappa shape index (κ2) is 9.62. The zero-order chi connectivity index (χ0) is 23.3. The van der Waals surface area contributed by atoms with Gasteiger partial charge in [-0.1, -0.05) is 78.9 Å². The summed E-state index contributed by atoms with van der Waals surface area (Å²) >= 11 is 0. The molecule has 0 fully saturated rings. The third-order valence-electron chi connectivity index (χ3n) is 5.86. The number of nitrogens with zero attached hydrogens (tertiary/aromatic N) is 3. The molecule has 7 nitrogen and oxygen atoms in total. The normalized spacial score (nSPS) is 17.1. The highest BCUT2D eigenvalue weighted by Crippen LogP contribution is 2.38. The zero-order valence-corrected chi connectivity index (χ0v) is 18.8. The smallest absolute Gasteiger partial charge is 0.250 e. The first-order chi connectivity index (χ1) is 16.7. The van der Waals surface area contributed by atoms with Crippen LogP contribution in [0.5, 0.6) is 5.75 Å². The van der Waals surface area contributed by atoms with Crippen LogP contribution in [0.15, 0.2) is 91.0 Å². The van der Waals surface area contributed by atoms with Crippen LogP contribution in [0.3, 0.4) is 0 Å². The van der Waals surface area contributed by atoms with E-state index in [4.69, 9.17) is 4.74 Å². The highest BCUT2D eigenvalue weighted by Gasteiger charge is 2.31. The third-order valence-corrected chi connectivity index (χ3v) is 5.86. The Hall–Kier alpha value is -4.39. The number of hydrogen-bond acceptors (Lipinski definition) is 5. The van der Waals surface area contributed by atoms with Gasteiger partial charge >= 0.3 is 0 Å². The number of carbonyl (C=O) groups excluding carboxylic acids is 1. The average molecular weight is 452 g/mol. The standard InChI is InChI=1S/C27H25N5O2/c1-34-24-15-9-8-14-21(24)16-17-25(33)29-26-30-27-28-22(19-10-4-2-5-11-19)18-23(32(27)31-26)20-12-6-3-7-13-20/h2-17,22-23H,18H2,1H3,(H2,28,29,30,31,33). The van der Waals surface area contributed by atoms with Gasteiger partial charge in [0.05, 0.1) is 19.2 Å². The fourth-order valence-corrected chi connectivity index (χ4v) is 4.21. The van der Waals surface area contributed by atoms with E-state index in [2.05, 4.69) is 45.0 Å². The Bertz CT molecular complexity index is 1300. The summed E-state index contributed by atoms with van der Waals surface area (Å²) in [6, 6.07) is 28.1. The van der Waals surface area contributed by atoms with Gasteiger partial charge in [0, 0.05) is 11.6 Å². The maximum Gasteiger partial charge on any atom is 0.250 e. The Kier molecular flexibility index (Phi) is 6.07. The van der Waals surface area contributed by atoms with E-state index < -0.39 is 0 Å². The van der Waals surface area contributed by atoms with E-state index in [1.54, 1.807) is 13.2 Å². The lowest BCUT2D eigenvalue weighted by Crippen LogP contribution is -2.28. The maximum absolute atomic E-state index is 12.6. The molecule has 34 heavy (non-hydrogen) atoms. The minimum absolute atomic E-state index is 0.00932. The number of benzene rings is 3. The highest BCUT2D eigenvalue weighted by molar-refractivity contribution is 6.01. The monoisotopic (exact) mass is 451 g/mol. The number of para-hydroxylation sites is 1. The van der Waals surface area contributed by atoms with Gasteiger partial charge in [0.1, 0.15) is 5.75 Å². The van der Waals surface area contributed by atoms with E-state index in [1.165, 1.54) is 11.6 Å². The van der Waals surface area contributed by atoms with Gasteiger partial charge in [-0.15, -0.1) is 5.10 Å². The molecule has 3 aromatic carbocycles. The van der Waals surface area contributed by atoms with Crippen molar-refractivity contribution >= 4 is 23.9 Å². The van der Waals surface area contributed by atoms with E-state index in [0.717, 1.165) is 17.5 Å². The summed E-state index contributed by atoms with van der Waals surface area (Å²) in [5, 5.41) is 10.9. The molecule has 5 rings (SSSR count). The first kappa shape index (κ1) is 21.5. The number of aromatic nitrogens is 3. The first-order valence-electron chi connectivity index (χ1n) is 11.2. The number of anilines is 2. The van der Waals surface area contributed by atoms with Gasteiger partial charge in [-0.3, -0.25) is 10.1 Å². The molecular weight excluding hydrogens is 426 g/mol. The number of carbonyl (C=O) groups is 1. The number of nitrogens with one attached hydrogen (secondary N) is 2. The lowest BCUT2D eigenvalue weighted by atomic mass is 9.93. The zero-order valence-electron chi connectivity index (χ0n) is 18.8. The van der Waals surface area contributed by atoms with Gasteiger partial charge in [0.15, 0.2) is 0 Å². The molecule has 1 aliphatic heterocycles. The Morgan fingerprint density at radius 2 is 1.68 bits per heavy atom. The van der Waals surface area contributed by atoms with E-state index >= 15 is 0 Å². The van der Waals surface area contributed by atoms with Gasteiger partial charge in [-0.25, -0.2) is 4.68 Å².